The first-order chi connectivity index (χ1) is 10.7. The van der Waals surface area contributed by atoms with Gasteiger partial charge in [-0.15, -0.1) is 0 Å². The zero-order chi connectivity index (χ0) is 15.4. The molecule has 4 nitrogen and oxygen atoms in total. The van der Waals surface area contributed by atoms with Crippen LogP contribution >= 0.6 is 11.6 Å². The van der Waals surface area contributed by atoms with Crippen LogP contribution in [0.3, 0.4) is 0 Å². The molecule has 5 heteroatoms. The average molecular weight is 317 g/mol. The van der Waals surface area contributed by atoms with Crippen LogP contribution in [-0.4, -0.2) is 19.3 Å². The van der Waals surface area contributed by atoms with E-state index < -0.39 is 0 Å². The Hall–Kier alpha value is -2.20. The number of hydrogen-bond donors (Lipinski definition) is 1. The van der Waals surface area contributed by atoms with Gasteiger partial charge < -0.3 is 10.1 Å². The highest BCUT2D eigenvalue weighted by Gasteiger charge is 2.21. The van der Waals surface area contributed by atoms with E-state index >= 15 is 0 Å². The van der Waals surface area contributed by atoms with E-state index in [1.165, 1.54) is 5.56 Å². The molecule has 114 valence electrons. The lowest BCUT2D eigenvalue weighted by Gasteiger charge is -2.29. The Morgan fingerprint density at radius 3 is 2.77 bits per heavy atom. The second kappa shape index (κ2) is 6.71. The zero-order valence-corrected chi connectivity index (χ0v) is 12.8. The van der Waals surface area contributed by atoms with Gasteiger partial charge in [0.1, 0.15) is 5.75 Å². The molecule has 0 bridgehead atoms. The predicted octanol–water partition coefficient (Wildman–Crippen LogP) is 3.84. The molecule has 0 radical (unpaired) electrons. The third-order valence-electron chi connectivity index (χ3n) is 3.63. The minimum atomic E-state index is -0.138. The van der Waals surface area contributed by atoms with E-state index in [1.54, 1.807) is 29.2 Å². The summed E-state index contributed by atoms with van der Waals surface area (Å²) in [5, 5.41) is 3.44. The Morgan fingerprint density at radius 2 is 1.95 bits per heavy atom. The first kappa shape index (κ1) is 14.7. The number of nitrogens with zero attached hydrogens (tertiary/aromatic N) is 1. The molecular formula is C17H17ClN2O2. The van der Waals surface area contributed by atoms with Gasteiger partial charge in [-0.3, -0.25) is 4.90 Å². The second-order valence-electron chi connectivity index (χ2n) is 5.11. The molecule has 22 heavy (non-hydrogen) atoms. The maximum Gasteiger partial charge on any atom is 0.324 e. The predicted molar refractivity (Wildman–Crippen MR) is 87.6 cm³/mol. The SMILES string of the molecule is O=C(NCOc1ccc(Cl)cc1)N1CCCc2ccccc21. The van der Waals surface area contributed by atoms with Crippen LogP contribution in [0.15, 0.2) is 48.5 Å². The molecule has 2 amide bonds. The fourth-order valence-corrected chi connectivity index (χ4v) is 2.68. The van der Waals surface area contributed by atoms with Gasteiger partial charge in [0.2, 0.25) is 0 Å². The topological polar surface area (TPSA) is 41.6 Å². The normalized spacial score (nSPS) is 13.4. The number of benzene rings is 2. The van der Waals surface area contributed by atoms with Crippen LogP contribution in [0.4, 0.5) is 10.5 Å². The lowest BCUT2D eigenvalue weighted by atomic mass is 10.0. The van der Waals surface area contributed by atoms with Gasteiger partial charge in [0.15, 0.2) is 6.73 Å². The lowest BCUT2D eigenvalue weighted by Crippen LogP contribution is -2.44. The lowest BCUT2D eigenvalue weighted by molar-refractivity contribution is 0.228. The van der Waals surface area contributed by atoms with E-state index in [2.05, 4.69) is 11.4 Å². The van der Waals surface area contributed by atoms with Crippen molar-refractivity contribution in [3.05, 3.63) is 59.1 Å². The number of carbonyl (C=O) groups is 1. The number of rotatable bonds is 3. The summed E-state index contributed by atoms with van der Waals surface area (Å²) in [6.45, 7) is 0.850. The minimum Gasteiger partial charge on any atom is -0.473 e. The molecule has 0 unspecified atom stereocenters. The fourth-order valence-electron chi connectivity index (χ4n) is 2.55. The quantitative estimate of drug-likeness (QED) is 0.874. The molecule has 0 saturated heterocycles. The number of para-hydroxylation sites is 1. The molecule has 1 N–H and O–H groups in total. The molecule has 1 aliphatic heterocycles. The van der Waals surface area contributed by atoms with Crippen molar-refractivity contribution in [2.75, 3.05) is 18.2 Å². The van der Waals surface area contributed by atoms with E-state index in [9.17, 15) is 4.79 Å². The largest absolute Gasteiger partial charge is 0.473 e. The van der Waals surface area contributed by atoms with Crippen LogP contribution < -0.4 is 15.0 Å². The summed E-state index contributed by atoms with van der Waals surface area (Å²) in [4.78, 5) is 14.1. The van der Waals surface area contributed by atoms with E-state index in [0.717, 1.165) is 25.1 Å². The van der Waals surface area contributed by atoms with Crippen molar-refractivity contribution in [3.8, 4) is 5.75 Å². The van der Waals surface area contributed by atoms with Gasteiger partial charge in [-0.1, -0.05) is 29.8 Å². The molecule has 0 saturated carbocycles. The number of aryl methyl sites for hydroxylation is 1. The number of anilines is 1. The standard InChI is InChI=1S/C17H17ClN2O2/c18-14-7-9-15(10-8-14)22-12-19-17(21)20-11-3-5-13-4-1-2-6-16(13)20/h1-2,4,6-10H,3,5,11-12H2,(H,19,21). The minimum absolute atomic E-state index is 0.124. The summed E-state index contributed by atoms with van der Waals surface area (Å²) in [7, 11) is 0. The van der Waals surface area contributed by atoms with E-state index in [0.29, 0.717) is 10.8 Å². The van der Waals surface area contributed by atoms with E-state index in [-0.39, 0.29) is 12.8 Å². The Bertz CT molecular complexity index is 658. The summed E-state index contributed by atoms with van der Waals surface area (Å²) in [6.07, 6.45) is 1.99. The number of urea groups is 1. The molecule has 0 aliphatic carbocycles. The third-order valence-corrected chi connectivity index (χ3v) is 3.88. The molecular weight excluding hydrogens is 300 g/mol. The molecule has 1 heterocycles. The number of hydrogen-bond acceptors (Lipinski definition) is 2. The molecule has 2 aromatic rings. The Labute approximate surface area is 134 Å². The van der Waals surface area contributed by atoms with Crippen molar-refractivity contribution >= 4 is 23.3 Å². The highest BCUT2D eigenvalue weighted by atomic mass is 35.5. The fraction of sp³-hybridized carbons (Fsp3) is 0.235. The van der Waals surface area contributed by atoms with Crippen LogP contribution in [-0.2, 0) is 6.42 Å². The zero-order valence-electron chi connectivity index (χ0n) is 12.1. The highest BCUT2D eigenvalue weighted by Crippen LogP contribution is 2.26. The van der Waals surface area contributed by atoms with Gasteiger partial charge >= 0.3 is 6.03 Å². The van der Waals surface area contributed by atoms with Gasteiger partial charge in [-0.25, -0.2) is 4.79 Å². The van der Waals surface area contributed by atoms with Crippen molar-refractivity contribution in [1.29, 1.82) is 0 Å². The van der Waals surface area contributed by atoms with Gasteiger partial charge in [-0.05, 0) is 48.7 Å². The second-order valence-corrected chi connectivity index (χ2v) is 5.54. The third kappa shape index (κ3) is 3.34. The van der Waals surface area contributed by atoms with Gasteiger partial charge in [0, 0.05) is 17.3 Å². The Balaban J connectivity index is 1.58. The summed E-state index contributed by atoms with van der Waals surface area (Å²) >= 11 is 5.81. The molecule has 0 aromatic heterocycles. The van der Waals surface area contributed by atoms with Gasteiger partial charge in [0.25, 0.3) is 0 Å². The van der Waals surface area contributed by atoms with E-state index in [1.807, 2.05) is 18.2 Å². The summed E-state index contributed by atoms with van der Waals surface area (Å²) in [5.41, 5.74) is 2.19. The van der Waals surface area contributed by atoms with Crippen molar-refractivity contribution in [1.82, 2.24) is 5.32 Å². The molecule has 0 spiro atoms. The number of amides is 2. The van der Waals surface area contributed by atoms with Crippen molar-refractivity contribution in [3.63, 3.8) is 0 Å². The number of ether oxygens (including phenoxy) is 1. The average Bonchev–Trinajstić information content (AvgIpc) is 2.56. The van der Waals surface area contributed by atoms with Gasteiger partial charge in [0.05, 0.1) is 0 Å². The molecule has 0 atom stereocenters. The smallest absolute Gasteiger partial charge is 0.324 e. The van der Waals surface area contributed by atoms with Crippen LogP contribution in [0.2, 0.25) is 5.02 Å². The number of halogens is 1. The van der Waals surface area contributed by atoms with Gasteiger partial charge in [-0.2, -0.15) is 0 Å². The number of nitrogens with one attached hydrogen (secondary N) is 1. The Morgan fingerprint density at radius 1 is 1.18 bits per heavy atom. The Kier molecular flexibility index (Phi) is 4.49. The first-order valence-corrected chi connectivity index (χ1v) is 7.63. The molecule has 1 aliphatic rings. The summed E-state index contributed by atoms with van der Waals surface area (Å²) in [5.74, 6) is 0.670. The highest BCUT2D eigenvalue weighted by molar-refractivity contribution is 6.30. The maximum atomic E-state index is 12.3. The van der Waals surface area contributed by atoms with Crippen molar-refractivity contribution in [2.45, 2.75) is 12.8 Å². The van der Waals surface area contributed by atoms with E-state index in [4.69, 9.17) is 16.3 Å². The van der Waals surface area contributed by atoms with Crippen LogP contribution in [0.5, 0.6) is 5.75 Å². The molecule has 2 aromatic carbocycles. The van der Waals surface area contributed by atoms with Crippen molar-refractivity contribution < 1.29 is 9.53 Å². The summed E-state index contributed by atoms with van der Waals surface area (Å²) in [6, 6.07) is 14.9. The monoisotopic (exact) mass is 316 g/mol. The van der Waals surface area contributed by atoms with Crippen molar-refractivity contribution in [2.24, 2.45) is 0 Å². The summed E-state index contributed by atoms with van der Waals surface area (Å²) < 4.78 is 5.49. The van der Waals surface area contributed by atoms with Crippen LogP contribution in [0.25, 0.3) is 0 Å². The molecule has 0 fully saturated rings. The number of carbonyl (C=O) groups excluding carboxylic acids is 1. The van der Waals surface area contributed by atoms with Crippen LogP contribution in [0, 0.1) is 0 Å². The number of fused-ring (bicyclic) bond motifs is 1. The first-order valence-electron chi connectivity index (χ1n) is 7.26. The molecule has 3 rings (SSSR count). The maximum absolute atomic E-state index is 12.3. The van der Waals surface area contributed by atoms with Crippen LogP contribution in [0.1, 0.15) is 12.0 Å².